The van der Waals surface area contributed by atoms with Crippen molar-refractivity contribution in [3.63, 3.8) is 0 Å². The fourth-order valence-corrected chi connectivity index (χ4v) is 2.53. The van der Waals surface area contributed by atoms with Gasteiger partial charge in [-0.25, -0.2) is 4.98 Å². The predicted octanol–water partition coefficient (Wildman–Crippen LogP) is 2.27. The number of nitrogens with zero attached hydrogens (tertiary/aromatic N) is 3. The second-order valence-corrected chi connectivity index (χ2v) is 6.46. The van der Waals surface area contributed by atoms with Crippen molar-refractivity contribution in [2.45, 2.75) is 47.0 Å². The quantitative estimate of drug-likeness (QED) is 0.911. The summed E-state index contributed by atoms with van der Waals surface area (Å²) < 4.78 is 0. The Morgan fingerprint density at radius 3 is 2.79 bits per heavy atom. The number of nitrogens with one attached hydrogen (secondary N) is 1. The van der Waals surface area contributed by atoms with Crippen LogP contribution < -0.4 is 0 Å². The average Bonchev–Trinajstić information content (AvgIpc) is 2.96. The highest BCUT2D eigenvalue weighted by Gasteiger charge is 2.35. The van der Waals surface area contributed by atoms with E-state index in [9.17, 15) is 4.79 Å². The van der Waals surface area contributed by atoms with Crippen molar-refractivity contribution >= 4 is 5.91 Å². The van der Waals surface area contributed by atoms with Crippen molar-refractivity contribution in [1.82, 2.24) is 20.1 Å². The fraction of sp³-hybridized carbons (Fsp3) is 0.786. The van der Waals surface area contributed by atoms with Crippen LogP contribution in [0.15, 0.2) is 0 Å². The first kappa shape index (κ1) is 14.0. The summed E-state index contributed by atoms with van der Waals surface area (Å²) in [4.78, 5) is 18.5. The Morgan fingerprint density at radius 1 is 1.47 bits per heavy atom. The third-order valence-electron chi connectivity index (χ3n) is 3.91. The molecule has 19 heavy (non-hydrogen) atoms. The van der Waals surface area contributed by atoms with Crippen LogP contribution in [0.2, 0.25) is 0 Å². The summed E-state index contributed by atoms with van der Waals surface area (Å²) in [6.45, 7) is 10.4. The molecular formula is C14H24N4O. The molecule has 1 atom stereocenters. The molecule has 0 radical (unpaired) electrons. The topological polar surface area (TPSA) is 61.9 Å². The van der Waals surface area contributed by atoms with Crippen molar-refractivity contribution in [3.8, 4) is 0 Å². The van der Waals surface area contributed by atoms with Gasteiger partial charge in [0.05, 0.1) is 0 Å². The van der Waals surface area contributed by atoms with Crippen LogP contribution in [0, 0.1) is 11.3 Å². The number of aryl methyl sites for hydroxylation is 1. The summed E-state index contributed by atoms with van der Waals surface area (Å²) in [5.41, 5.74) is 0.251. The van der Waals surface area contributed by atoms with Gasteiger partial charge in [0, 0.05) is 19.5 Å². The van der Waals surface area contributed by atoms with E-state index in [-0.39, 0.29) is 11.3 Å². The minimum absolute atomic E-state index is 0.0367. The van der Waals surface area contributed by atoms with E-state index in [0.717, 1.165) is 38.2 Å². The standard InChI is InChI=1S/C14H24N4O/c1-5-6-11-15-12(17-16-11)13(19)18-8-7-10(9-18)14(2,3)4/h10H,5-9H2,1-4H3,(H,15,16,17). The lowest BCUT2D eigenvalue weighted by Crippen LogP contribution is -2.31. The van der Waals surface area contributed by atoms with Crippen molar-refractivity contribution in [3.05, 3.63) is 11.6 Å². The van der Waals surface area contributed by atoms with Crippen LogP contribution in [0.5, 0.6) is 0 Å². The van der Waals surface area contributed by atoms with Gasteiger partial charge in [-0.05, 0) is 24.2 Å². The number of likely N-dealkylation sites (tertiary alicyclic amines) is 1. The van der Waals surface area contributed by atoms with Gasteiger partial charge in [0.2, 0.25) is 5.82 Å². The Kier molecular flexibility index (Phi) is 3.92. The molecule has 1 aliphatic rings. The zero-order valence-corrected chi connectivity index (χ0v) is 12.4. The predicted molar refractivity (Wildman–Crippen MR) is 73.8 cm³/mol. The monoisotopic (exact) mass is 264 g/mol. The second kappa shape index (κ2) is 5.31. The molecule has 106 valence electrons. The zero-order valence-electron chi connectivity index (χ0n) is 12.4. The van der Waals surface area contributed by atoms with E-state index in [2.05, 4.69) is 42.9 Å². The molecule has 1 fully saturated rings. The van der Waals surface area contributed by atoms with Gasteiger partial charge in [-0.15, -0.1) is 5.10 Å². The van der Waals surface area contributed by atoms with Crippen LogP contribution in [0.1, 0.15) is 57.0 Å². The van der Waals surface area contributed by atoms with Crippen molar-refractivity contribution < 1.29 is 4.79 Å². The number of carbonyl (C=O) groups excluding carboxylic acids is 1. The largest absolute Gasteiger partial charge is 0.336 e. The summed E-state index contributed by atoms with van der Waals surface area (Å²) in [6.07, 6.45) is 2.91. The molecule has 5 heteroatoms. The third kappa shape index (κ3) is 3.14. The first-order chi connectivity index (χ1) is 8.91. The Bertz CT molecular complexity index is 447. The highest BCUT2D eigenvalue weighted by Crippen LogP contribution is 2.33. The van der Waals surface area contributed by atoms with E-state index in [1.54, 1.807) is 0 Å². The van der Waals surface area contributed by atoms with Gasteiger partial charge in [-0.2, -0.15) is 0 Å². The molecule has 0 aliphatic carbocycles. The molecule has 1 amide bonds. The van der Waals surface area contributed by atoms with E-state index in [1.165, 1.54) is 0 Å². The van der Waals surface area contributed by atoms with Gasteiger partial charge >= 0.3 is 0 Å². The fourth-order valence-electron chi connectivity index (χ4n) is 2.53. The molecule has 1 aromatic heterocycles. The normalized spacial score (nSPS) is 20.0. The van der Waals surface area contributed by atoms with Crippen LogP contribution in [0.25, 0.3) is 0 Å². The van der Waals surface area contributed by atoms with E-state index in [0.29, 0.717) is 11.7 Å². The Morgan fingerprint density at radius 2 is 2.21 bits per heavy atom. The van der Waals surface area contributed by atoms with Crippen LogP contribution in [0.4, 0.5) is 0 Å². The number of hydrogen-bond donors (Lipinski definition) is 1. The maximum Gasteiger partial charge on any atom is 0.293 e. The molecule has 1 unspecified atom stereocenters. The van der Waals surface area contributed by atoms with Crippen molar-refractivity contribution in [1.29, 1.82) is 0 Å². The minimum Gasteiger partial charge on any atom is -0.336 e. The first-order valence-electron chi connectivity index (χ1n) is 7.12. The molecular weight excluding hydrogens is 240 g/mol. The Balaban J connectivity index is 2.00. The molecule has 2 rings (SSSR count). The maximum absolute atomic E-state index is 12.3. The number of amides is 1. The summed E-state index contributed by atoms with van der Waals surface area (Å²) in [7, 11) is 0. The van der Waals surface area contributed by atoms with Crippen LogP contribution >= 0.6 is 0 Å². The van der Waals surface area contributed by atoms with Gasteiger partial charge in [-0.1, -0.05) is 27.7 Å². The average molecular weight is 264 g/mol. The van der Waals surface area contributed by atoms with Crippen LogP contribution in [-0.2, 0) is 6.42 Å². The van der Waals surface area contributed by atoms with Gasteiger partial charge < -0.3 is 4.90 Å². The molecule has 1 aromatic rings. The van der Waals surface area contributed by atoms with Gasteiger partial charge in [0.15, 0.2) is 0 Å². The molecule has 2 heterocycles. The van der Waals surface area contributed by atoms with Crippen LogP contribution in [0.3, 0.4) is 0 Å². The number of H-pyrrole nitrogens is 1. The summed E-state index contributed by atoms with van der Waals surface area (Å²) >= 11 is 0. The van der Waals surface area contributed by atoms with Gasteiger partial charge in [-0.3, -0.25) is 9.89 Å². The Hall–Kier alpha value is -1.39. The minimum atomic E-state index is -0.0367. The lowest BCUT2D eigenvalue weighted by Gasteiger charge is -2.26. The number of carbonyl (C=O) groups is 1. The zero-order chi connectivity index (χ0) is 14.0. The van der Waals surface area contributed by atoms with E-state index in [1.807, 2.05) is 4.90 Å². The Labute approximate surface area is 114 Å². The number of aromatic amines is 1. The second-order valence-electron chi connectivity index (χ2n) is 6.46. The third-order valence-corrected chi connectivity index (χ3v) is 3.91. The molecule has 0 spiro atoms. The number of hydrogen-bond acceptors (Lipinski definition) is 3. The molecule has 0 bridgehead atoms. The molecule has 1 aliphatic heterocycles. The lowest BCUT2D eigenvalue weighted by atomic mass is 9.80. The van der Waals surface area contributed by atoms with E-state index in [4.69, 9.17) is 0 Å². The van der Waals surface area contributed by atoms with E-state index < -0.39 is 0 Å². The number of aromatic nitrogens is 3. The summed E-state index contributed by atoms with van der Waals surface area (Å²) in [5.74, 6) is 1.64. The highest BCUT2D eigenvalue weighted by molar-refractivity contribution is 5.90. The molecule has 0 aromatic carbocycles. The molecule has 1 saturated heterocycles. The lowest BCUT2D eigenvalue weighted by molar-refractivity contribution is 0.0765. The first-order valence-corrected chi connectivity index (χ1v) is 7.12. The highest BCUT2D eigenvalue weighted by atomic mass is 16.2. The van der Waals surface area contributed by atoms with Crippen LogP contribution in [-0.4, -0.2) is 39.1 Å². The smallest absolute Gasteiger partial charge is 0.293 e. The SMILES string of the molecule is CCCc1nc(C(=O)N2CCC(C(C)(C)C)C2)n[nH]1. The maximum atomic E-state index is 12.3. The molecule has 5 nitrogen and oxygen atoms in total. The van der Waals surface area contributed by atoms with Gasteiger partial charge in [0.1, 0.15) is 5.82 Å². The van der Waals surface area contributed by atoms with Crippen molar-refractivity contribution in [2.24, 2.45) is 11.3 Å². The van der Waals surface area contributed by atoms with E-state index >= 15 is 0 Å². The van der Waals surface area contributed by atoms with Gasteiger partial charge in [0.25, 0.3) is 5.91 Å². The summed E-state index contributed by atoms with van der Waals surface area (Å²) in [6, 6.07) is 0. The van der Waals surface area contributed by atoms with Crippen molar-refractivity contribution in [2.75, 3.05) is 13.1 Å². The number of rotatable bonds is 3. The molecule has 1 N–H and O–H groups in total. The molecule has 0 saturated carbocycles. The summed E-state index contributed by atoms with van der Waals surface area (Å²) in [5, 5.41) is 6.88.